The van der Waals surface area contributed by atoms with E-state index >= 15 is 0 Å². The average molecular weight is 245 g/mol. The molecule has 0 saturated carbocycles. The number of aromatic nitrogens is 3. The third kappa shape index (κ3) is 2.65. The SMILES string of the molecule is Cc1ccnc(NC(=O)Nc2c(C)n[nH]c2C)c1. The van der Waals surface area contributed by atoms with Crippen molar-refractivity contribution in [2.75, 3.05) is 10.6 Å². The molecule has 6 nitrogen and oxygen atoms in total. The Morgan fingerprint density at radius 1 is 1.28 bits per heavy atom. The molecule has 0 radical (unpaired) electrons. The molecule has 0 unspecified atom stereocenters. The zero-order chi connectivity index (χ0) is 13.1. The van der Waals surface area contributed by atoms with Crippen molar-refractivity contribution in [3.05, 3.63) is 35.3 Å². The van der Waals surface area contributed by atoms with Gasteiger partial charge in [0.2, 0.25) is 0 Å². The maximum atomic E-state index is 11.8. The third-order valence-electron chi connectivity index (χ3n) is 2.52. The van der Waals surface area contributed by atoms with Crippen LogP contribution in [0, 0.1) is 20.8 Å². The summed E-state index contributed by atoms with van der Waals surface area (Å²) in [7, 11) is 0. The van der Waals surface area contributed by atoms with Crippen molar-refractivity contribution in [3.8, 4) is 0 Å². The van der Waals surface area contributed by atoms with Crippen LogP contribution in [0.1, 0.15) is 17.0 Å². The van der Waals surface area contributed by atoms with Gasteiger partial charge in [-0.3, -0.25) is 10.4 Å². The van der Waals surface area contributed by atoms with Crippen LogP contribution in [-0.2, 0) is 0 Å². The van der Waals surface area contributed by atoms with Gasteiger partial charge in [0.25, 0.3) is 0 Å². The molecule has 2 amide bonds. The number of anilines is 2. The van der Waals surface area contributed by atoms with Crippen LogP contribution in [-0.4, -0.2) is 21.2 Å². The molecule has 0 saturated heterocycles. The molecular formula is C12H15N5O. The Morgan fingerprint density at radius 2 is 2.06 bits per heavy atom. The van der Waals surface area contributed by atoms with Crippen molar-refractivity contribution in [3.63, 3.8) is 0 Å². The number of rotatable bonds is 2. The Labute approximate surface area is 105 Å². The van der Waals surface area contributed by atoms with Crippen molar-refractivity contribution in [1.82, 2.24) is 15.2 Å². The van der Waals surface area contributed by atoms with Gasteiger partial charge in [0, 0.05) is 6.20 Å². The first-order valence-electron chi connectivity index (χ1n) is 5.58. The van der Waals surface area contributed by atoms with Crippen LogP contribution >= 0.6 is 0 Å². The number of hydrogen-bond acceptors (Lipinski definition) is 3. The first kappa shape index (κ1) is 12.1. The summed E-state index contributed by atoms with van der Waals surface area (Å²) in [6.07, 6.45) is 1.65. The molecule has 0 aromatic carbocycles. The lowest BCUT2D eigenvalue weighted by atomic mass is 10.3. The summed E-state index contributed by atoms with van der Waals surface area (Å²) in [4.78, 5) is 15.8. The average Bonchev–Trinajstić information content (AvgIpc) is 2.61. The highest BCUT2D eigenvalue weighted by atomic mass is 16.2. The molecule has 2 rings (SSSR count). The summed E-state index contributed by atoms with van der Waals surface area (Å²) in [6, 6.07) is 3.34. The number of carbonyl (C=O) groups excluding carboxylic acids is 1. The van der Waals surface area contributed by atoms with E-state index in [2.05, 4.69) is 25.8 Å². The van der Waals surface area contributed by atoms with Gasteiger partial charge in [0.05, 0.1) is 17.1 Å². The predicted molar refractivity (Wildman–Crippen MR) is 69.7 cm³/mol. The number of H-pyrrole nitrogens is 1. The van der Waals surface area contributed by atoms with E-state index in [0.717, 1.165) is 17.0 Å². The fraction of sp³-hybridized carbons (Fsp3) is 0.250. The zero-order valence-electron chi connectivity index (χ0n) is 10.5. The molecule has 0 aliphatic heterocycles. The maximum absolute atomic E-state index is 11.8. The molecule has 0 fully saturated rings. The first-order chi connectivity index (χ1) is 8.56. The van der Waals surface area contributed by atoms with Crippen LogP contribution in [0.5, 0.6) is 0 Å². The summed E-state index contributed by atoms with van der Waals surface area (Å²) in [5.41, 5.74) is 3.30. The molecule has 94 valence electrons. The fourth-order valence-corrected chi connectivity index (χ4v) is 1.60. The monoisotopic (exact) mass is 245 g/mol. The second kappa shape index (κ2) is 4.87. The second-order valence-electron chi connectivity index (χ2n) is 4.11. The smallest absolute Gasteiger partial charge is 0.304 e. The Bertz CT molecular complexity index is 556. The van der Waals surface area contributed by atoms with Gasteiger partial charge < -0.3 is 5.32 Å². The van der Waals surface area contributed by atoms with Crippen LogP contribution in [0.2, 0.25) is 0 Å². The van der Waals surface area contributed by atoms with Crippen molar-refractivity contribution in [2.45, 2.75) is 20.8 Å². The molecular weight excluding hydrogens is 230 g/mol. The van der Waals surface area contributed by atoms with E-state index in [4.69, 9.17) is 0 Å². The van der Waals surface area contributed by atoms with E-state index in [9.17, 15) is 4.79 Å². The minimum atomic E-state index is -0.333. The van der Waals surface area contributed by atoms with Gasteiger partial charge >= 0.3 is 6.03 Å². The Balaban J connectivity index is 2.06. The Hall–Kier alpha value is -2.37. The van der Waals surface area contributed by atoms with E-state index < -0.39 is 0 Å². The standard InChI is InChI=1S/C12H15N5O/c1-7-4-5-13-10(6-7)14-12(18)15-11-8(2)16-17-9(11)3/h4-6H,1-3H3,(H,16,17)(H2,13,14,15,18). The van der Waals surface area contributed by atoms with Crippen molar-refractivity contribution >= 4 is 17.5 Å². The van der Waals surface area contributed by atoms with Gasteiger partial charge in [-0.25, -0.2) is 9.78 Å². The van der Waals surface area contributed by atoms with Crippen LogP contribution in [0.3, 0.4) is 0 Å². The maximum Gasteiger partial charge on any atom is 0.324 e. The summed E-state index contributed by atoms with van der Waals surface area (Å²) < 4.78 is 0. The molecule has 0 aliphatic carbocycles. The number of nitrogens with one attached hydrogen (secondary N) is 3. The van der Waals surface area contributed by atoms with E-state index in [1.165, 1.54) is 0 Å². The number of carbonyl (C=O) groups is 1. The number of amides is 2. The topological polar surface area (TPSA) is 82.7 Å². The van der Waals surface area contributed by atoms with E-state index in [1.807, 2.05) is 26.8 Å². The number of nitrogens with zero attached hydrogens (tertiary/aromatic N) is 2. The molecule has 0 bridgehead atoms. The Morgan fingerprint density at radius 3 is 2.67 bits per heavy atom. The molecule has 3 N–H and O–H groups in total. The molecule has 6 heteroatoms. The summed E-state index contributed by atoms with van der Waals surface area (Å²) >= 11 is 0. The Kier molecular flexibility index (Phi) is 3.27. The first-order valence-corrected chi connectivity index (χ1v) is 5.58. The minimum Gasteiger partial charge on any atom is -0.304 e. The minimum absolute atomic E-state index is 0.333. The molecule has 2 aromatic heterocycles. The fourth-order valence-electron chi connectivity index (χ4n) is 1.60. The second-order valence-corrected chi connectivity index (χ2v) is 4.11. The van der Waals surface area contributed by atoms with Gasteiger partial charge in [0.15, 0.2) is 0 Å². The van der Waals surface area contributed by atoms with Crippen LogP contribution in [0.4, 0.5) is 16.3 Å². The lowest BCUT2D eigenvalue weighted by molar-refractivity contribution is 0.262. The van der Waals surface area contributed by atoms with Gasteiger partial charge in [0.1, 0.15) is 5.82 Å². The van der Waals surface area contributed by atoms with Gasteiger partial charge in [-0.2, -0.15) is 5.10 Å². The summed E-state index contributed by atoms with van der Waals surface area (Å²) in [5, 5.41) is 12.2. The largest absolute Gasteiger partial charge is 0.324 e. The molecule has 0 atom stereocenters. The number of aryl methyl sites for hydroxylation is 3. The third-order valence-corrected chi connectivity index (χ3v) is 2.52. The van der Waals surface area contributed by atoms with Crippen molar-refractivity contribution in [1.29, 1.82) is 0 Å². The highest BCUT2D eigenvalue weighted by Gasteiger charge is 2.10. The van der Waals surface area contributed by atoms with Crippen LogP contribution in [0.25, 0.3) is 0 Å². The lowest BCUT2D eigenvalue weighted by Crippen LogP contribution is -2.20. The zero-order valence-corrected chi connectivity index (χ0v) is 10.5. The van der Waals surface area contributed by atoms with Crippen LogP contribution < -0.4 is 10.6 Å². The number of aromatic amines is 1. The number of pyridine rings is 1. The van der Waals surface area contributed by atoms with E-state index in [1.54, 1.807) is 12.3 Å². The van der Waals surface area contributed by atoms with Crippen LogP contribution in [0.15, 0.2) is 18.3 Å². The molecule has 18 heavy (non-hydrogen) atoms. The predicted octanol–water partition coefficient (Wildman–Crippen LogP) is 2.37. The molecule has 0 aliphatic rings. The van der Waals surface area contributed by atoms with Gasteiger partial charge in [-0.15, -0.1) is 0 Å². The van der Waals surface area contributed by atoms with E-state index in [-0.39, 0.29) is 6.03 Å². The lowest BCUT2D eigenvalue weighted by Gasteiger charge is -2.07. The quantitative estimate of drug-likeness (QED) is 0.759. The summed E-state index contributed by atoms with van der Waals surface area (Å²) in [6.45, 7) is 5.61. The summed E-state index contributed by atoms with van der Waals surface area (Å²) in [5.74, 6) is 0.520. The highest BCUT2D eigenvalue weighted by Crippen LogP contribution is 2.16. The number of urea groups is 1. The molecule has 2 heterocycles. The number of hydrogen-bond donors (Lipinski definition) is 3. The normalized spacial score (nSPS) is 10.2. The van der Waals surface area contributed by atoms with Crippen molar-refractivity contribution < 1.29 is 4.79 Å². The van der Waals surface area contributed by atoms with E-state index in [0.29, 0.717) is 11.5 Å². The van der Waals surface area contributed by atoms with Crippen molar-refractivity contribution in [2.24, 2.45) is 0 Å². The molecule has 2 aromatic rings. The van der Waals surface area contributed by atoms with Gasteiger partial charge in [-0.1, -0.05) is 0 Å². The van der Waals surface area contributed by atoms with Gasteiger partial charge in [-0.05, 0) is 38.5 Å². The highest BCUT2D eigenvalue weighted by molar-refractivity contribution is 5.99. The molecule has 0 spiro atoms.